The molecule has 0 aliphatic carbocycles. The third-order valence-electron chi connectivity index (χ3n) is 1.62. The lowest BCUT2D eigenvalue weighted by Gasteiger charge is -2.00. The Labute approximate surface area is 91.3 Å². The van der Waals surface area contributed by atoms with Crippen molar-refractivity contribution in [2.45, 2.75) is 24.9 Å². The molecule has 0 aliphatic rings. The largest absolute Gasteiger partial charge is 0.318 e. The molecule has 0 saturated heterocycles. The second-order valence-electron chi connectivity index (χ2n) is 2.62. The minimum absolute atomic E-state index is 1.13. The predicted molar refractivity (Wildman–Crippen MR) is 61.6 cm³/mol. The van der Waals surface area contributed by atoms with Crippen LogP contribution < -0.4 is 0 Å². The number of hydrogen-bond donors (Lipinski definition) is 0. The Balaban J connectivity index is 2.46. The smallest absolute Gasteiger partial charge is 0.168 e. The monoisotopic (exact) mass is 296 g/mol. The Morgan fingerprint density at radius 1 is 1.67 bits per heavy atom. The average molecular weight is 296 g/mol. The van der Waals surface area contributed by atoms with Gasteiger partial charge in [-0.15, -0.1) is 0 Å². The third kappa shape index (κ3) is 2.65. The molecule has 0 bridgehead atoms. The maximum Gasteiger partial charge on any atom is 0.168 e. The van der Waals surface area contributed by atoms with Crippen LogP contribution in [0, 0.1) is 3.70 Å². The summed E-state index contributed by atoms with van der Waals surface area (Å²) in [6, 6.07) is 0. The van der Waals surface area contributed by atoms with Gasteiger partial charge in [0, 0.05) is 12.8 Å². The molecule has 68 valence electrons. The standard InChI is InChI=1S/C8H13IN2S/c1-3-4-5-12-8-10-6-7(9)11(8)2/h6H,3-5H2,1-2H3. The summed E-state index contributed by atoms with van der Waals surface area (Å²) in [4.78, 5) is 4.31. The van der Waals surface area contributed by atoms with E-state index in [-0.39, 0.29) is 0 Å². The Morgan fingerprint density at radius 2 is 2.42 bits per heavy atom. The molecule has 1 heterocycles. The van der Waals surface area contributed by atoms with Gasteiger partial charge in [-0.05, 0) is 29.0 Å². The summed E-state index contributed by atoms with van der Waals surface area (Å²) in [7, 11) is 2.06. The summed E-state index contributed by atoms with van der Waals surface area (Å²) in [5.74, 6) is 1.18. The first-order valence-electron chi connectivity index (χ1n) is 4.05. The molecule has 0 radical (unpaired) electrons. The van der Waals surface area contributed by atoms with Gasteiger partial charge in [0.25, 0.3) is 0 Å². The van der Waals surface area contributed by atoms with E-state index in [4.69, 9.17) is 0 Å². The van der Waals surface area contributed by atoms with E-state index in [1.807, 2.05) is 18.0 Å². The van der Waals surface area contributed by atoms with Gasteiger partial charge in [0.1, 0.15) is 3.70 Å². The molecular formula is C8H13IN2S. The highest BCUT2D eigenvalue weighted by atomic mass is 127. The zero-order valence-corrected chi connectivity index (χ0v) is 10.4. The van der Waals surface area contributed by atoms with Crippen LogP contribution in [0.2, 0.25) is 0 Å². The van der Waals surface area contributed by atoms with E-state index in [0.29, 0.717) is 0 Å². The van der Waals surface area contributed by atoms with Crippen molar-refractivity contribution in [1.29, 1.82) is 0 Å². The molecule has 0 unspecified atom stereocenters. The Bertz CT molecular complexity index is 247. The number of aromatic nitrogens is 2. The van der Waals surface area contributed by atoms with E-state index in [1.165, 1.54) is 22.3 Å². The molecule has 1 rings (SSSR count). The van der Waals surface area contributed by atoms with Gasteiger partial charge < -0.3 is 4.57 Å². The highest BCUT2D eigenvalue weighted by Gasteiger charge is 2.02. The van der Waals surface area contributed by atoms with Crippen molar-refractivity contribution in [2.24, 2.45) is 7.05 Å². The van der Waals surface area contributed by atoms with Crippen molar-refractivity contribution >= 4 is 34.4 Å². The van der Waals surface area contributed by atoms with E-state index >= 15 is 0 Å². The highest BCUT2D eigenvalue weighted by Crippen LogP contribution is 2.19. The molecule has 12 heavy (non-hydrogen) atoms. The molecule has 1 aromatic rings. The minimum Gasteiger partial charge on any atom is -0.318 e. The second-order valence-corrected chi connectivity index (χ2v) is 4.79. The zero-order chi connectivity index (χ0) is 8.97. The van der Waals surface area contributed by atoms with Gasteiger partial charge in [0.2, 0.25) is 0 Å². The summed E-state index contributed by atoms with van der Waals surface area (Å²) < 4.78 is 3.33. The summed E-state index contributed by atoms with van der Waals surface area (Å²) >= 11 is 4.13. The van der Waals surface area contributed by atoms with Crippen LogP contribution in [-0.2, 0) is 7.05 Å². The maximum absolute atomic E-state index is 4.31. The number of thioether (sulfide) groups is 1. The van der Waals surface area contributed by atoms with Crippen molar-refractivity contribution in [3.63, 3.8) is 0 Å². The lowest BCUT2D eigenvalue weighted by atomic mass is 10.4. The van der Waals surface area contributed by atoms with Crippen LogP contribution in [0.25, 0.3) is 0 Å². The van der Waals surface area contributed by atoms with Gasteiger partial charge in [-0.3, -0.25) is 0 Å². The van der Waals surface area contributed by atoms with E-state index in [1.54, 1.807) is 0 Å². The molecule has 0 fully saturated rings. The molecule has 4 heteroatoms. The Morgan fingerprint density at radius 3 is 2.92 bits per heavy atom. The highest BCUT2D eigenvalue weighted by molar-refractivity contribution is 14.1. The fourth-order valence-corrected chi connectivity index (χ4v) is 2.38. The minimum atomic E-state index is 1.13. The second kappa shape index (κ2) is 5.11. The summed E-state index contributed by atoms with van der Waals surface area (Å²) in [5.41, 5.74) is 0. The van der Waals surface area contributed by atoms with Crippen LogP contribution in [0.1, 0.15) is 19.8 Å². The summed E-state index contributed by atoms with van der Waals surface area (Å²) in [6.07, 6.45) is 4.44. The van der Waals surface area contributed by atoms with E-state index in [9.17, 15) is 0 Å². The molecular weight excluding hydrogens is 283 g/mol. The van der Waals surface area contributed by atoms with Crippen molar-refractivity contribution < 1.29 is 0 Å². The fourth-order valence-electron chi connectivity index (χ4n) is 0.815. The zero-order valence-electron chi connectivity index (χ0n) is 7.38. The number of rotatable bonds is 4. The van der Waals surface area contributed by atoms with Gasteiger partial charge in [0.15, 0.2) is 5.16 Å². The summed E-state index contributed by atoms with van der Waals surface area (Å²) in [6.45, 7) is 2.21. The third-order valence-corrected chi connectivity index (χ3v) is 3.75. The number of imidazole rings is 1. The molecule has 0 spiro atoms. The normalized spacial score (nSPS) is 10.6. The van der Waals surface area contributed by atoms with Gasteiger partial charge >= 0.3 is 0 Å². The molecule has 0 amide bonds. The maximum atomic E-state index is 4.31. The first-order valence-corrected chi connectivity index (χ1v) is 6.12. The topological polar surface area (TPSA) is 17.8 Å². The van der Waals surface area contributed by atoms with Gasteiger partial charge in [-0.2, -0.15) is 0 Å². The molecule has 1 aromatic heterocycles. The molecule has 0 N–H and O–H groups in total. The van der Waals surface area contributed by atoms with Crippen LogP contribution in [0.5, 0.6) is 0 Å². The van der Waals surface area contributed by atoms with Gasteiger partial charge in [-0.1, -0.05) is 25.1 Å². The number of hydrogen-bond acceptors (Lipinski definition) is 2. The van der Waals surface area contributed by atoms with Crippen LogP contribution in [-0.4, -0.2) is 15.3 Å². The Kier molecular flexibility index (Phi) is 4.42. The molecule has 0 saturated carbocycles. The number of unbranched alkanes of at least 4 members (excludes halogenated alkanes) is 1. The van der Waals surface area contributed by atoms with Crippen LogP contribution in [0.4, 0.5) is 0 Å². The molecule has 0 aliphatic heterocycles. The van der Waals surface area contributed by atoms with E-state index in [0.717, 1.165) is 5.16 Å². The van der Waals surface area contributed by atoms with E-state index in [2.05, 4.69) is 46.1 Å². The van der Waals surface area contributed by atoms with Crippen LogP contribution in [0.3, 0.4) is 0 Å². The lowest BCUT2D eigenvalue weighted by Crippen LogP contribution is -1.93. The molecule has 0 aromatic carbocycles. The lowest BCUT2D eigenvalue weighted by molar-refractivity contribution is 0.770. The van der Waals surface area contributed by atoms with Crippen molar-refractivity contribution in [1.82, 2.24) is 9.55 Å². The van der Waals surface area contributed by atoms with Crippen LogP contribution >= 0.6 is 34.4 Å². The average Bonchev–Trinajstić information content (AvgIpc) is 2.36. The first-order chi connectivity index (χ1) is 5.75. The number of halogens is 1. The van der Waals surface area contributed by atoms with Crippen molar-refractivity contribution in [3.8, 4) is 0 Å². The quantitative estimate of drug-likeness (QED) is 0.483. The Hall–Kier alpha value is 0.290. The van der Waals surface area contributed by atoms with Gasteiger partial charge in [-0.25, -0.2) is 4.98 Å². The predicted octanol–water partition coefficient (Wildman–Crippen LogP) is 2.92. The van der Waals surface area contributed by atoms with Crippen molar-refractivity contribution in [2.75, 3.05) is 5.75 Å². The molecule has 2 nitrogen and oxygen atoms in total. The number of nitrogens with zero attached hydrogens (tertiary/aromatic N) is 2. The van der Waals surface area contributed by atoms with Crippen LogP contribution in [0.15, 0.2) is 11.4 Å². The summed E-state index contributed by atoms with van der Waals surface area (Å²) in [5, 5.41) is 1.13. The first kappa shape index (κ1) is 10.4. The van der Waals surface area contributed by atoms with Crippen molar-refractivity contribution in [3.05, 3.63) is 9.90 Å². The SMILES string of the molecule is CCCCSc1ncc(I)n1C. The molecule has 0 atom stereocenters. The van der Waals surface area contributed by atoms with E-state index < -0.39 is 0 Å². The fraction of sp³-hybridized carbons (Fsp3) is 0.625. The van der Waals surface area contributed by atoms with Gasteiger partial charge in [0.05, 0.1) is 6.20 Å².